The molecule has 0 aliphatic heterocycles. The maximum Gasteiger partial charge on any atom is 0.306 e. The van der Waals surface area contributed by atoms with Crippen molar-refractivity contribution in [1.82, 2.24) is 0 Å². The molecule has 26 heavy (non-hydrogen) atoms. The molecule has 6 heteroatoms. The van der Waals surface area contributed by atoms with Crippen LogP contribution in [0.1, 0.15) is 33.8 Å². The number of carbonyl (C=O) groups is 3. The van der Waals surface area contributed by atoms with E-state index in [1.165, 1.54) is 37.4 Å². The lowest BCUT2D eigenvalue weighted by Crippen LogP contribution is -2.28. The molecule has 1 aliphatic carbocycles. The number of benzene rings is 2. The number of hydrogen-bond acceptors (Lipinski definition) is 6. The molecule has 0 saturated carbocycles. The van der Waals surface area contributed by atoms with Crippen molar-refractivity contribution in [3.05, 3.63) is 70.8 Å². The quantitative estimate of drug-likeness (QED) is 0.648. The highest BCUT2D eigenvalue weighted by Gasteiger charge is 2.38. The van der Waals surface area contributed by atoms with Crippen molar-refractivity contribution in [1.29, 1.82) is 0 Å². The number of rotatable bonds is 4. The third kappa shape index (κ3) is 2.97. The van der Waals surface area contributed by atoms with E-state index in [-0.39, 0.29) is 34.6 Å². The van der Waals surface area contributed by atoms with Gasteiger partial charge in [-0.05, 0) is 17.7 Å². The summed E-state index contributed by atoms with van der Waals surface area (Å²) in [6, 6.07) is 12.1. The van der Waals surface area contributed by atoms with Gasteiger partial charge in [0.2, 0.25) is 11.6 Å². The number of allylic oxidation sites excluding steroid dienone is 1. The van der Waals surface area contributed by atoms with Gasteiger partial charge in [-0.25, -0.2) is 0 Å². The van der Waals surface area contributed by atoms with Crippen LogP contribution in [0.25, 0.3) is 5.76 Å². The third-order valence-corrected chi connectivity index (χ3v) is 4.38. The number of carbonyl (C=O) groups excluding carboxylic acids is 3. The number of aliphatic hydroxyl groups is 1. The third-order valence-electron chi connectivity index (χ3n) is 4.38. The Morgan fingerprint density at radius 3 is 2.19 bits per heavy atom. The van der Waals surface area contributed by atoms with Crippen molar-refractivity contribution in [2.24, 2.45) is 0 Å². The molecule has 0 spiro atoms. The number of esters is 1. The molecular formula is C20H16O6. The zero-order valence-electron chi connectivity index (χ0n) is 13.9. The zero-order valence-corrected chi connectivity index (χ0v) is 13.9. The van der Waals surface area contributed by atoms with Gasteiger partial charge in [0.15, 0.2) is 0 Å². The lowest BCUT2D eigenvalue weighted by molar-refractivity contribution is -0.140. The van der Waals surface area contributed by atoms with Crippen molar-refractivity contribution in [2.75, 3.05) is 7.11 Å². The minimum atomic E-state index is -0.882. The zero-order chi connectivity index (χ0) is 18.8. The second kappa shape index (κ2) is 6.84. The van der Waals surface area contributed by atoms with Gasteiger partial charge in [-0.1, -0.05) is 36.4 Å². The van der Waals surface area contributed by atoms with Gasteiger partial charge in [-0.15, -0.1) is 0 Å². The second-order valence-corrected chi connectivity index (χ2v) is 5.89. The Bertz CT molecular complexity index is 924. The van der Waals surface area contributed by atoms with E-state index in [4.69, 9.17) is 4.74 Å². The number of hydrogen-bond donors (Lipinski definition) is 2. The summed E-state index contributed by atoms with van der Waals surface area (Å²) in [6.45, 7) is 0. The molecule has 2 N–H and O–H groups in total. The molecular weight excluding hydrogens is 336 g/mol. The smallest absolute Gasteiger partial charge is 0.306 e. The number of ether oxygens (including phenoxy) is 1. The van der Waals surface area contributed by atoms with E-state index < -0.39 is 23.5 Å². The average Bonchev–Trinajstić information content (AvgIpc) is 2.66. The van der Waals surface area contributed by atoms with Crippen LogP contribution in [0.2, 0.25) is 0 Å². The number of ketones is 2. The molecule has 6 nitrogen and oxygen atoms in total. The van der Waals surface area contributed by atoms with Crippen LogP contribution in [0, 0.1) is 0 Å². The fourth-order valence-corrected chi connectivity index (χ4v) is 3.05. The number of phenols is 1. The van der Waals surface area contributed by atoms with Crippen LogP contribution in [0.3, 0.4) is 0 Å². The Hall–Kier alpha value is -3.41. The molecule has 0 heterocycles. The first-order valence-corrected chi connectivity index (χ1v) is 7.91. The predicted molar refractivity (Wildman–Crippen MR) is 92.8 cm³/mol. The van der Waals surface area contributed by atoms with E-state index in [9.17, 15) is 24.6 Å². The maximum atomic E-state index is 12.7. The van der Waals surface area contributed by atoms with Gasteiger partial charge in [0.1, 0.15) is 11.5 Å². The summed E-state index contributed by atoms with van der Waals surface area (Å²) in [4.78, 5) is 37.0. The summed E-state index contributed by atoms with van der Waals surface area (Å²) in [5, 5.41) is 20.2. The van der Waals surface area contributed by atoms with Crippen LogP contribution in [0.5, 0.6) is 5.75 Å². The summed E-state index contributed by atoms with van der Waals surface area (Å²) >= 11 is 0. The van der Waals surface area contributed by atoms with Gasteiger partial charge in [-0.2, -0.15) is 0 Å². The van der Waals surface area contributed by atoms with E-state index >= 15 is 0 Å². The topological polar surface area (TPSA) is 101 Å². The molecule has 1 aliphatic rings. The first kappa shape index (κ1) is 17.4. The fourth-order valence-electron chi connectivity index (χ4n) is 3.05. The minimum absolute atomic E-state index is 0.0140. The maximum absolute atomic E-state index is 12.7. The molecule has 2 aromatic rings. The van der Waals surface area contributed by atoms with Gasteiger partial charge in [0, 0.05) is 17.0 Å². The van der Waals surface area contributed by atoms with Crippen LogP contribution < -0.4 is 0 Å². The first-order valence-electron chi connectivity index (χ1n) is 7.91. The van der Waals surface area contributed by atoms with Crippen LogP contribution >= 0.6 is 0 Å². The number of aliphatic hydroxyl groups excluding tert-OH is 1. The lowest BCUT2D eigenvalue weighted by atomic mass is 9.78. The Morgan fingerprint density at radius 2 is 1.58 bits per heavy atom. The SMILES string of the molecule is COC(=O)C[C@H](C1=C(O)c2ccccc2C(=O)C1=O)c1ccc(O)cc1. The standard InChI is InChI=1S/C20H16O6/c1-26-16(22)10-15(11-6-8-12(21)9-7-11)17-18(23)13-4-2-3-5-14(13)19(24)20(17)25/h2-9,15,21,23H,10H2,1H3/t15-/m0/s1. The van der Waals surface area contributed by atoms with Gasteiger partial charge in [0.05, 0.1) is 19.1 Å². The fraction of sp³-hybridized carbons (Fsp3) is 0.150. The number of methoxy groups -OCH3 is 1. The van der Waals surface area contributed by atoms with Crippen molar-refractivity contribution < 1.29 is 29.3 Å². The molecule has 0 radical (unpaired) electrons. The monoisotopic (exact) mass is 352 g/mol. The molecule has 3 rings (SSSR count). The van der Waals surface area contributed by atoms with Crippen molar-refractivity contribution >= 4 is 23.3 Å². The number of phenolic OH excluding ortho intramolecular Hbond substituents is 1. The molecule has 0 unspecified atom stereocenters. The van der Waals surface area contributed by atoms with Gasteiger partial charge >= 0.3 is 5.97 Å². The average molecular weight is 352 g/mol. The number of Topliss-reactive ketones (excluding diaryl/α,β-unsaturated/α-hetero) is 2. The Kier molecular flexibility index (Phi) is 4.58. The summed E-state index contributed by atoms with van der Waals surface area (Å²) in [5.41, 5.74) is 0.724. The van der Waals surface area contributed by atoms with Crippen LogP contribution in [0.4, 0.5) is 0 Å². The van der Waals surface area contributed by atoms with Gasteiger partial charge < -0.3 is 14.9 Å². The minimum Gasteiger partial charge on any atom is -0.508 e. The van der Waals surface area contributed by atoms with E-state index in [2.05, 4.69) is 0 Å². The molecule has 1 atom stereocenters. The van der Waals surface area contributed by atoms with Gasteiger partial charge in [-0.3, -0.25) is 14.4 Å². The molecule has 0 saturated heterocycles. The van der Waals surface area contributed by atoms with Crippen LogP contribution in [-0.2, 0) is 14.3 Å². The Morgan fingerprint density at radius 1 is 0.962 bits per heavy atom. The molecule has 0 fully saturated rings. The van der Waals surface area contributed by atoms with E-state index in [0.717, 1.165) is 0 Å². The van der Waals surface area contributed by atoms with Crippen molar-refractivity contribution in [2.45, 2.75) is 12.3 Å². The van der Waals surface area contributed by atoms with E-state index in [0.29, 0.717) is 5.56 Å². The Balaban J connectivity index is 2.19. The molecule has 2 aromatic carbocycles. The normalized spacial score (nSPS) is 14.8. The largest absolute Gasteiger partial charge is 0.508 e. The van der Waals surface area contributed by atoms with Gasteiger partial charge in [0.25, 0.3) is 0 Å². The molecule has 132 valence electrons. The summed E-state index contributed by atoms with van der Waals surface area (Å²) in [6.07, 6.45) is -0.234. The number of fused-ring (bicyclic) bond motifs is 1. The Labute approximate surface area is 149 Å². The highest BCUT2D eigenvalue weighted by molar-refractivity contribution is 6.52. The van der Waals surface area contributed by atoms with Crippen LogP contribution in [-0.4, -0.2) is 34.9 Å². The summed E-state index contributed by atoms with van der Waals surface area (Å²) in [5.74, 6) is -3.38. The van der Waals surface area contributed by atoms with E-state index in [1.54, 1.807) is 18.2 Å². The first-order chi connectivity index (χ1) is 12.4. The molecule has 0 aromatic heterocycles. The van der Waals surface area contributed by atoms with E-state index in [1.807, 2.05) is 0 Å². The highest BCUT2D eigenvalue weighted by atomic mass is 16.5. The molecule has 0 bridgehead atoms. The highest BCUT2D eigenvalue weighted by Crippen LogP contribution is 2.38. The second-order valence-electron chi connectivity index (χ2n) is 5.89. The summed E-state index contributed by atoms with van der Waals surface area (Å²) in [7, 11) is 1.22. The van der Waals surface area contributed by atoms with Crippen LogP contribution in [0.15, 0.2) is 54.1 Å². The molecule has 0 amide bonds. The number of aromatic hydroxyl groups is 1. The van der Waals surface area contributed by atoms with Crippen molar-refractivity contribution in [3.8, 4) is 5.75 Å². The lowest BCUT2D eigenvalue weighted by Gasteiger charge is -2.24. The predicted octanol–water partition coefficient (Wildman–Crippen LogP) is 2.77. The summed E-state index contributed by atoms with van der Waals surface area (Å²) < 4.78 is 4.69. The van der Waals surface area contributed by atoms with Crippen molar-refractivity contribution in [3.63, 3.8) is 0 Å².